The molecule has 0 saturated carbocycles. The molecule has 0 bridgehead atoms. The van der Waals surface area contributed by atoms with E-state index < -0.39 is 53.9 Å². The van der Waals surface area contributed by atoms with Gasteiger partial charge in [0.25, 0.3) is 0 Å². The van der Waals surface area contributed by atoms with Gasteiger partial charge in [0.2, 0.25) is 11.8 Å². The first-order chi connectivity index (χ1) is 24.8. The number of esters is 2. The molecule has 51 heavy (non-hydrogen) atoms. The first kappa shape index (κ1) is 38.1. The van der Waals surface area contributed by atoms with E-state index in [2.05, 4.69) is 23.8 Å². The summed E-state index contributed by atoms with van der Waals surface area (Å²) in [6.45, 7) is 7.76. The Kier molecular flexibility index (Phi) is 15.0. The van der Waals surface area contributed by atoms with Crippen molar-refractivity contribution >= 4 is 29.8 Å². The summed E-state index contributed by atoms with van der Waals surface area (Å²) in [5.41, 5.74) is 2.33. The van der Waals surface area contributed by atoms with Crippen molar-refractivity contribution in [1.29, 1.82) is 0 Å². The predicted octanol–water partition coefficient (Wildman–Crippen LogP) is 5.40. The molecule has 0 radical (unpaired) electrons. The number of likely N-dealkylation sites (tertiary alicyclic amines) is 1. The molecule has 11 nitrogen and oxygen atoms in total. The molecule has 1 saturated heterocycles. The van der Waals surface area contributed by atoms with Gasteiger partial charge in [-0.1, -0.05) is 103 Å². The van der Waals surface area contributed by atoms with E-state index in [1.54, 1.807) is 18.2 Å². The molecule has 3 aromatic carbocycles. The maximum Gasteiger partial charge on any atom is 0.408 e. The van der Waals surface area contributed by atoms with Crippen LogP contribution in [0.15, 0.2) is 116 Å². The largest absolute Gasteiger partial charge is 0.461 e. The number of carbonyl (C=O) groups excluding carboxylic acids is 5. The van der Waals surface area contributed by atoms with E-state index in [0.717, 1.165) is 16.7 Å². The minimum atomic E-state index is -1.23. The number of nitrogens with one attached hydrogen (secondary N) is 2. The summed E-state index contributed by atoms with van der Waals surface area (Å²) >= 11 is 0. The molecule has 0 aliphatic carbocycles. The van der Waals surface area contributed by atoms with Crippen LogP contribution in [-0.4, -0.2) is 59.4 Å². The molecule has 3 amide bonds. The molecule has 0 aromatic heterocycles. The lowest BCUT2D eigenvalue weighted by molar-refractivity contribution is -0.154. The van der Waals surface area contributed by atoms with Gasteiger partial charge in [-0.2, -0.15) is 0 Å². The van der Waals surface area contributed by atoms with E-state index in [4.69, 9.17) is 14.2 Å². The number of hydrogen-bond donors (Lipinski definition) is 2. The molecule has 11 heteroatoms. The Morgan fingerprint density at radius 1 is 0.686 bits per heavy atom. The van der Waals surface area contributed by atoms with Gasteiger partial charge in [-0.3, -0.25) is 14.4 Å². The molecule has 1 fully saturated rings. The minimum absolute atomic E-state index is 0.0187. The van der Waals surface area contributed by atoms with E-state index in [-0.39, 0.29) is 45.6 Å². The number of nitrogens with zero attached hydrogens (tertiary/aromatic N) is 1. The first-order valence-corrected chi connectivity index (χ1v) is 17.0. The molecular formula is C40H45N3O8. The summed E-state index contributed by atoms with van der Waals surface area (Å²) in [6, 6.07) is 24.2. The summed E-state index contributed by atoms with van der Waals surface area (Å²) < 4.78 is 16.5. The van der Waals surface area contributed by atoms with Gasteiger partial charge in [-0.05, 0) is 48.8 Å². The van der Waals surface area contributed by atoms with Gasteiger partial charge in [0, 0.05) is 6.54 Å². The molecule has 4 rings (SSSR count). The minimum Gasteiger partial charge on any atom is -0.461 e. The average Bonchev–Trinajstić information content (AvgIpc) is 3.66. The fourth-order valence-electron chi connectivity index (χ4n) is 5.73. The number of benzene rings is 3. The second-order valence-electron chi connectivity index (χ2n) is 12.2. The molecular weight excluding hydrogens is 650 g/mol. The average molecular weight is 696 g/mol. The van der Waals surface area contributed by atoms with E-state index >= 15 is 0 Å². The van der Waals surface area contributed by atoms with Crippen molar-refractivity contribution in [3.05, 3.63) is 133 Å². The van der Waals surface area contributed by atoms with E-state index in [9.17, 15) is 24.0 Å². The monoisotopic (exact) mass is 695 g/mol. The van der Waals surface area contributed by atoms with Gasteiger partial charge >= 0.3 is 18.0 Å². The summed E-state index contributed by atoms with van der Waals surface area (Å²) in [6.07, 6.45) is 3.30. The number of ether oxygens (including phenoxy) is 3. The van der Waals surface area contributed by atoms with Crippen LogP contribution < -0.4 is 10.6 Å². The zero-order valence-electron chi connectivity index (χ0n) is 28.6. The van der Waals surface area contributed by atoms with Crippen LogP contribution in [0, 0.1) is 5.92 Å². The highest BCUT2D eigenvalue weighted by Gasteiger charge is 2.39. The van der Waals surface area contributed by atoms with Crippen molar-refractivity contribution in [3.8, 4) is 0 Å². The van der Waals surface area contributed by atoms with E-state index in [1.165, 1.54) is 11.0 Å². The fraction of sp³-hybridized carbons (Fsp3) is 0.325. The lowest BCUT2D eigenvalue weighted by Gasteiger charge is -2.29. The van der Waals surface area contributed by atoms with Gasteiger partial charge in [-0.25, -0.2) is 9.59 Å². The second kappa shape index (κ2) is 20.1. The molecule has 0 unspecified atom stereocenters. The molecule has 4 atom stereocenters. The summed E-state index contributed by atoms with van der Waals surface area (Å²) in [4.78, 5) is 68.4. The summed E-state index contributed by atoms with van der Waals surface area (Å²) in [5, 5.41) is 5.37. The lowest BCUT2D eigenvalue weighted by atomic mass is 9.96. The van der Waals surface area contributed by atoms with Crippen molar-refractivity contribution < 1.29 is 38.2 Å². The van der Waals surface area contributed by atoms with Crippen molar-refractivity contribution in [1.82, 2.24) is 15.5 Å². The molecule has 3 aromatic rings. The van der Waals surface area contributed by atoms with Gasteiger partial charge in [0.15, 0.2) is 0 Å². The van der Waals surface area contributed by atoms with Crippen molar-refractivity contribution in [2.24, 2.45) is 5.92 Å². The Labute approximate surface area is 298 Å². The highest BCUT2D eigenvalue weighted by Crippen LogP contribution is 2.22. The Balaban J connectivity index is 1.45. The van der Waals surface area contributed by atoms with Crippen LogP contribution in [0.25, 0.3) is 0 Å². The lowest BCUT2D eigenvalue weighted by Crippen LogP contribution is -2.55. The molecule has 1 aliphatic rings. The Bertz CT molecular complexity index is 1620. The Hall–Kier alpha value is -5.71. The molecule has 1 aliphatic heterocycles. The normalized spacial score (nSPS) is 15.4. The Morgan fingerprint density at radius 2 is 1.20 bits per heavy atom. The third-order valence-corrected chi connectivity index (χ3v) is 8.40. The Morgan fingerprint density at radius 3 is 1.73 bits per heavy atom. The number of hydrogen-bond acceptors (Lipinski definition) is 8. The third kappa shape index (κ3) is 12.0. The van der Waals surface area contributed by atoms with Crippen LogP contribution in [0.1, 0.15) is 48.8 Å². The zero-order chi connectivity index (χ0) is 36.4. The number of carbonyl (C=O) groups is 5. The quantitative estimate of drug-likeness (QED) is 0.102. The van der Waals surface area contributed by atoms with Crippen LogP contribution in [0.3, 0.4) is 0 Å². The maximum atomic E-state index is 13.8. The second-order valence-corrected chi connectivity index (χ2v) is 12.2. The zero-order valence-corrected chi connectivity index (χ0v) is 28.6. The number of allylic oxidation sites excluding steroid dienone is 1. The SMILES string of the molecule is C=CC[C@@H](C[C@H](NC(=O)[C@@H]1CCCN1C(=O)[C@@H](CC=C)NC(=O)OCc1ccccc1)C(=O)OCc1ccccc1)C(=O)OCc1ccccc1. The molecule has 0 spiro atoms. The topological polar surface area (TPSA) is 140 Å². The standard InChI is InChI=1S/C40H45N3O8/c1-3-15-32(38(46)49-26-29-17-8-5-9-18-29)25-34(39(47)50-27-30-19-10-6-11-20-30)41-36(44)35-23-14-24-43(35)37(45)33(16-4-2)42-40(48)51-28-31-21-12-7-13-22-31/h3-13,17-22,32-35H,1-2,14-16,23-28H2,(H,41,44)(H,42,48)/t32-,33+,34-,35-/m0/s1. The highest BCUT2D eigenvalue weighted by atomic mass is 16.6. The number of rotatable bonds is 18. The molecule has 268 valence electrons. The molecule has 2 N–H and O–H groups in total. The van der Waals surface area contributed by atoms with Crippen LogP contribution in [0.2, 0.25) is 0 Å². The van der Waals surface area contributed by atoms with Crippen LogP contribution in [0.5, 0.6) is 0 Å². The van der Waals surface area contributed by atoms with Gasteiger partial charge in [0.05, 0.1) is 5.92 Å². The number of amides is 3. The van der Waals surface area contributed by atoms with Crippen LogP contribution >= 0.6 is 0 Å². The smallest absolute Gasteiger partial charge is 0.408 e. The van der Waals surface area contributed by atoms with Crippen molar-refractivity contribution in [3.63, 3.8) is 0 Å². The van der Waals surface area contributed by atoms with E-state index in [1.807, 2.05) is 78.9 Å². The van der Waals surface area contributed by atoms with Crippen LogP contribution in [0.4, 0.5) is 4.79 Å². The van der Waals surface area contributed by atoms with Crippen LogP contribution in [-0.2, 0) is 53.2 Å². The number of alkyl carbamates (subject to hydrolysis) is 1. The highest BCUT2D eigenvalue weighted by molar-refractivity contribution is 5.93. The first-order valence-electron chi connectivity index (χ1n) is 17.0. The maximum absolute atomic E-state index is 13.8. The van der Waals surface area contributed by atoms with E-state index in [0.29, 0.717) is 12.8 Å². The predicted molar refractivity (Wildman–Crippen MR) is 190 cm³/mol. The van der Waals surface area contributed by atoms with Gasteiger partial charge in [-0.15, -0.1) is 13.2 Å². The van der Waals surface area contributed by atoms with Crippen molar-refractivity contribution in [2.45, 2.75) is 70.1 Å². The third-order valence-electron chi connectivity index (χ3n) is 8.40. The van der Waals surface area contributed by atoms with Crippen molar-refractivity contribution in [2.75, 3.05) is 6.54 Å². The summed E-state index contributed by atoms with van der Waals surface area (Å²) in [7, 11) is 0. The molecule has 1 heterocycles. The summed E-state index contributed by atoms with van der Waals surface area (Å²) in [5.74, 6) is -3.17. The fourth-order valence-corrected chi connectivity index (χ4v) is 5.73. The van der Waals surface area contributed by atoms with Gasteiger partial charge < -0.3 is 29.7 Å². The van der Waals surface area contributed by atoms with Gasteiger partial charge in [0.1, 0.15) is 37.9 Å².